The molecular weight excluding hydrogens is 302 g/mol. The van der Waals surface area contributed by atoms with E-state index >= 15 is 0 Å². The molecule has 0 aromatic heterocycles. The second kappa shape index (κ2) is 8.16. The molecule has 2 aliphatic carbocycles. The average Bonchev–Trinajstić information content (AvgIpc) is 3.18. The first-order valence-electron chi connectivity index (χ1n) is 8.55. The third-order valence-electron chi connectivity index (χ3n) is 5.00. The maximum atomic E-state index is 12.1. The largest absolute Gasteiger partial charge is 0.355 e. The molecule has 0 aromatic carbocycles. The van der Waals surface area contributed by atoms with Crippen molar-refractivity contribution in [1.29, 1.82) is 0 Å². The molecule has 1 aliphatic heterocycles. The zero-order chi connectivity index (χ0) is 14.7. The lowest BCUT2D eigenvalue weighted by Crippen LogP contribution is -2.43. The Morgan fingerprint density at radius 2 is 1.86 bits per heavy atom. The number of nitrogens with one attached hydrogen (secondary N) is 3. The molecule has 22 heavy (non-hydrogen) atoms. The van der Waals surface area contributed by atoms with Crippen LogP contribution in [0.2, 0.25) is 0 Å². The lowest BCUT2D eigenvalue weighted by atomic mass is 9.85. The quantitative estimate of drug-likeness (QED) is 0.647. The summed E-state index contributed by atoms with van der Waals surface area (Å²) in [4.78, 5) is 23.7. The fraction of sp³-hybridized carbons (Fsp3) is 0.875. The molecule has 5 nitrogen and oxygen atoms in total. The van der Waals surface area contributed by atoms with Crippen LogP contribution < -0.4 is 16.0 Å². The number of amides is 2. The van der Waals surface area contributed by atoms with E-state index in [0.717, 1.165) is 25.7 Å². The van der Waals surface area contributed by atoms with E-state index in [-0.39, 0.29) is 30.3 Å². The summed E-state index contributed by atoms with van der Waals surface area (Å²) in [6.07, 6.45) is 9.56. The van der Waals surface area contributed by atoms with Gasteiger partial charge < -0.3 is 16.0 Å². The Hall–Kier alpha value is -0.810. The van der Waals surface area contributed by atoms with Crippen LogP contribution in [0.1, 0.15) is 57.8 Å². The number of carbonyl (C=O) groups excluding carboxylic acids is 2. The molecule has 126 valence electrons. The van der Waals surface area contributed by atoms with Gasteiger partial charge in [-0.1, -0.05) is 12.8 Å². The van der Waals surface area contributed by atoms with Gasteiger partial charge in [0.1, 0.15) is 0 Å². The Morgan fingerprint density at radius 1 is 1.09 bits per heavy atom. The third kappa shape index (κ3) is 4.85. The van der Waals surface area contributed by atoms with E-state index in [1.807, 2.05) is 0 Å². The second-order valence-electron chi connectivity index (χ2n) is 6.84. The van der Waals surface area contributed by atoms with E-state index < -0.39 is 0 Å². The van der Waals surface area contributed by atoms with Crippen LogP contribution in [0.5, 0.6) is 0 Å². The highest BCUT2D eigenvalue weighted by atomic mass is 35.5. The lowest BCUT2D eigenvalue weighted by Gasteiger charge is -2.24. The number of hydrogen-bond donors (Lipinski definition) is 3. The molecule has 1 saturated heterocycles. The highest BCUT2D eigenvalue weighted by molar-refractivity contribution is 5.85. The van der Waals surface area contributed by atoms with E-state index in [1.165, 1.54) is 25.7 Å². The lowest BCUT2D eigenvalue weighted by molar-refractivity contribution is -0.124. The number of carbonyl (C=O) groups is 2. The fourth-order valence-electron chi connectivity index (χ4n) is 3.63. The van der Waals surface area contributed by atoms with Crippen molar-refractivity contribution in [3.63, 3.8) is 0 Å². The van der Waals surface area contributed by atoms with Crippen LogP contribution in [-0.2, 0) is 9.59 Å². The normalized spacial score (nSPS) is 30.1. The van der Waals surface area contributed by atoms with E-state index in [0.29, 0.717) is 31.0 Å². The maximum absolute atomic E-state index is 12.1. The standard InChI is InChI=1S/C16H27N3O2.ClH/c20-15(18-12-7-8-12)6-3-9-17-16(21)14-10-11-4-1-2-5-13(11)19-14;/h11-14,19H,1-10H2,(H,17,21)(H,18,20);1H. The average molecular weight is 330 g/mol. The van der Waals surface area contributed by atoms with Gasteiger partial charge in [-0.05, 0) is 44.4 Å². The minimum absolute atomic E-state index is 0. The molecule has 3 fully saturated rings. The summed E-state index contributed by atoms with van der Waals surface area (Å²) < 4.78 is 0. The summed E-state index contributed by atoms with van der Waals surface area (Å²) >= 11 is 0. The number of halogens is 1. The van der Waals surface area contributed by atoms with E-state index in [4.69, 9.17) is 0 Å². The van der Waals surface area contributed by atoms with E-state index in [1.54, 1.807) is 0 Å². The van der Waals surface area contributed by atoms with Gasteiger partial charge in [-0.15, -0.1) is 12.4 Å². The van der Waals surface area contributed by atoms with Crippen LogP contribution in [0.25, 0.3) is 0 Å². The van der Waals surface area contributed by atoms with Gasteiger partial charge in [0.05, 0.1) is 6.04 Å². The maximum Gasteiger partial charge on any atom is 0.237 e. The summed E-state index contributed by atoms with van der Waals surface area (Å²) in [5.74, 6) is 0.933. The van der Waals surface area contributed by atoms with Crippen molar-refractivity contribution in [2.75, 3.05) is 6.54 Å². The SMILES string of the molecule is Cl.O=C(CCCNC(=O)C1CC2CCCCC2N1)NC1CC1. The van der Waals surface area contributed by atoms with Crippen LogP contribution in [-0.4, -0.2) is 36.5 Å². The van der Waals surface area contributed by atoms with Gasteiger partial charge >= 0.3 is 0 Å². The summed E-state index contributed by atoms with van der Waals surface area (Å²) in [6.45, 7) is 0.602. The molecule has 0 radical (unpaired) electrons. The first-order valence-corrected chi connectivity index (χ1v) is 8.55. The summed E-state index contributed by atoms with van der Waals surface area (Å²) in [6, 6.07) is 0.968. The highest BCUT2D eigenvalue weighted by Gasteiger charge is 2.37. The monoisotopic (exact) mass is 329 g/mol. The van der Waals surface area contributed by atoms with Crippen molar-refractivity contribution < 1.29 is 9.59 Å². The molecule has 2 saturated carbocycles. The summed E-state index contributed by atoms with van der Waals surface area (Å²) in [5, 5.41) is 9.43. The predicted octanol–water partition coefficient (Wildman–Crippen LogP) is 1.50. The zero-order valence-corrected chi connectivity index (χ0v) is 13.9. The molecule has 3 atom stereocenters. The highest BCUT2D eigenvalue weighted by Crippen LogP contribution is 2.33. The Labute approximate surface area is 138 Å². The minimum Gasteiger partial charge on any atom is -0.355 e. The van der Waals surface area contributed by atoms with Crippen LogP contribution in [0.4, 0.5) is 0 Å². The molecule has 3 rings (SSSR count). The molecule has 3 aliphatic rings. The van der Waals surface area contributed by atoms with Crippen molar-refractivity contribution >= 4 is 24.2 Å². The Balaban J connectivity index is 0.00000176. The third-order valence-corrected chi connectivity index (χ3v) is 5.00. The number of rotatable bonds is 6. The molecule has 3 N–H and O–H groups in total. The molecule has 2 amide bonds. The molecule has 3 unspecified atom stereocenters. The molecule has 1 heterocycles. The van der Waals surface area contributed by atoms with Crippen molar-refractivity contribution in [1.82, 2.24) is 16.0 Å². The first-order chi connectivity index (χ1) is 10.2. The topological polar surface area (TPSA) is 70.2 Å². The van der Waals surface area contributed by atoms with Gasteiger partial charge in [-0.25, -0.2) is 0 Å². The molecular formula is C16H28ClN3O2. The Kier molecular flexibility index (Phi) is 6.50. The van der Waals surface area contributed by atoms with E-state index in [2.05, 4.69) is 16.0 Å². The molecule has 6 heteroatoms. The van der Waals surface area contributed by atoms with Gasteiger partial charge in [0.25, 0.3) is 0 Å². The summed E-state index contributed by atoms with van der Waals surface area (Å²) in [7, 11) is 0. The van der Waals surface area contributed by atoms with Crippen molar-refractivity contribution in [2.24, 2.45) is 5.92 Å². The summed E-state index contributed by atoms with van der Waals surface area (Å²) in [5.41, 5.74) is 0. The van der Waals surface area contributed by atoms with Gasteiger partial charge in [0, 0.05) is 25.0 Å². The Morgan fingerprint density at radius 3 is 2.59 bits per heavy atom. The second-order valence-corrected chi connectivity index (χ2v) is 6.84. The number of hydrogen-bond acceptors (Lipinski definition) is 3. The van der Waals surface area contributed by atoms with Crippen LogP contribution in [0.15, 0.2) is 0 Å². The predicted molar refractivity (Wildman–Crippen MR) is 87.9 cm³/mol. The van der Waals surface area contributed by atoms with Crippen molar-refractivity contribution in [2.45, 2.75) is 75.9 Å². The molecule has 0 aromatic rings. The van der Waals surface area contributed by atoms with Gasteiger partial charge in [0.2, 0.25) is 11.8 Å². The molecule has 0 bridgehead atoms. The van der Waals surface area contributed by atoms with Crippen LogP contribution in [0.3, 0.4) is 0 Å². The van der Waals surface area contributed by atoms with Gasteiger partial charge in [-0.3, -0.25) is 9.59 Å². The Bertz CT molecular complexity index is 387. The minimum atomic E-state index is -0.0154. The van der Waals surface area contributed by atoms with Crippen LogP contribution >= 0.6 is 12.4 Å². The molecule has 0 spiro atoms. The fourth-order valence-corrected chi connectivity index (χ4v) is 3.63. The van der Waals surface area contributed by atoms with Gasteiger partial charge in [0.15, 0.2) is 0 Å². The number of fused-ring (bicyclic) bond motifs is 1. The van der Waals surface area contributed by atoms with Crippen molar-refractivity contribution in [3.05, 3.63) is 0 Å². The van der Waals surface area contributed by atoms with E-state index in [9.17, 15) is 9.59 Å². The van der Waals surface area contributed by atoms with Gasteiger partial charge in [-0.2, -0.15) is 0 Å². The van der Waals surface area contributed by atoms with Crippen LogP contribution in [0, 0.1) is 5.92 Å². The zero-order valence-electron chi connectivity index (χ0n) is 13.1. The smallest absolute Gasteiger partial charge is 0.237 e. The first kappa shape index (κ1) is 17.5. The van der Waals surface area contributed by atoms with Crippen molar-refractivity contribution in [3.8, 4) is 0 Å².